The minimum atomic E-state index is -4.01. The lowest BCUT2D eigenvalue weighted by atomic mass is 10.2. The molecule has 1 aromatic carbocycles. The van der Waals surface area contributed by atoms with Gasteiger partial charge in [-0.1, -0.05) is 33.7 Å². The molecular formula is C9H13O5PS3. The molecule has 0 amide bonds. The molecule has 18 heavy (non-hydrogen) atoms. The fourth-order valence-electron chi connectivity index (χ4n) is 1.29. The fraction of sp³-hybridized carbons (Fsp3) is 0.333. The van der Waals surface area contributed by atoms with Gasteiger partial charge in [0.15, 0.2) is 0 Å². The van der Waals surface area contributed by atoms with E-state index < -0.39 is 24.5 Å². The van der Waals surface area contributed by atoms with Crippen LogP contribution in [0.15, 0.2) is 28.0 Å². The van der Waals surface area contributed by atoms with E-state index in [0.29, 0.717) is 10.5 Å². The highest BCUT2D eigenvalue weighted by Crippen LogP contribution is 2.36. The molecule has 1 atom stereocenters. The molecule has 0 fully saturated rings. The van der Waals surface area contributed by atoms with Crippen LogP contribution in [0.2, 0.25) is 0 Å². The van der Waals surface area contributed by atoms with E-state index in [9.17, 15) is 13.0 Å². The lowest BCUT2D eigenvalue weighted by Gasteiger charge is -2.11. The molecule has 0 aliphatic carbocycles. The van der Waals surface area contributed by atoms with Crippen molar-refractivity contribution >= 4 is 39.7 Å². The third kappa shape index (κ3) is 4.29. The van der Waals surface area contributed by atoms with Gasteiger partial charge in [0.1, 0.15) is 11.2 Å². The van der Waals surface area contributed by atoms with Gasteiger partial charge in [0.25, 0.3) is 10.1 Å². The number of hydrogen-bond donors (Lipinski definition) is 1. The van der Waals surface area contributed by atoms with Crippen LogP contribution < -0.4 is 0 Å². The van der Waals surface area contributed by atoms with Gasteiger partial charge in [-0.2, -0.15) is 8.42 Å². The Morgan fingerprint density at radius 3 is 2.67 bits per heavy atom. The zero-order valence-corrected chi connectivity index (χ0v) is 13.2. The first kappa shape index (κ1) is 16.1. The Hall–Kier alpha value is 0.0200. The number of rotatable bonds is 6. The molecule has 1 unspecified atom stereocenters. The van der Waals surface area contributed by atoms with E-state index in [4.69, 9.17) is 4.89 Å². The molecule has 1 rings (SSSR count). The summed E-state index contributed by atoms with van der Waals surface area (Å²) in [5, 5.41) is 0. The van der Waals surface area contributed by atoms with Crippen molar-refractivity contribution < 1.29 is 22.1 Å². The van der Waals surface area contributed by atoms with Crippen LogP contribution in [-0.4, -0.2) is 25.9 Å². The maximum atomic E-state index is 12.0. The molecule has 102 valence electrons. The van der Waals surface area contributed by atoms with Crippen molar-refractivity contribution in [2.45, 2.75) is 16.7 Å². The third-order valence-corrected chi connectivity index (χ3v) is 5.86. The van der Waals surface area contributed by atoms with E-state index in [1.807, 2.05) is 6.26 Å². The van der Waals surface area contributed by atoms with E-state index in [1.165, 1.54) is 21.6 Å². The SMILES string of the molecule is CSSc1cccc(C)c1S(=O)(=O)OC[PH](=O)O. The first-order chi connectivity index (χ1) is 8.38. The summed E-state index contributed by atoms with van der Waals surface area (Å²) in [5.41, 5.74) is 0.548. The van der Waals surface area contributed by atoms with Crippen molar-refractivity contribution in [1.29, 1.82) is 0 Å². The Labute approximate surface area is 115 Å². The average Bonchev–Trinajstić information content (AvgIpc) is 2.27. The predicted octanol–water partition coefficient (Wildman–Crippen LogP) is 2.49. The highest BCUT2D eigenvalue weighted by Gasteiger charge is 2.23. The minimum absolute atomic E-state index is 0.0626. The molecule has 5 nitrogen and oxygen atoms in total. The second-order valence-corrected chi connectivity index (χ2v) is 8.33. The normalized spacial score (nSPS) is 13.5. The first-order valence-corrected chi connectivity index (χ1v) is 10.3. The largest absolute Gasteiger partial charge is 0.345 e. The first-order valence-electron chi connectivity index (χ1n) is 4.80. The van der Waals surface area contributed by atoms with Crippen LogP contribution in [0.5, 0.6) is 0 Å². The van der Waals surface area contributed by atoms with Crippen LogP contribution in [-0.2, 0) is 18.9 Å². The van der Waals surface area contributed by atoms with Crippen molar-refractivity contribution in [2.24, 2.45) is 0 Å². The molecule has 1 N–H and O–H groups in total. The smallest absolute Gasteiger partial charge is 0.298 e. The van der Waals surface area contributed by atoms with Crippen LogP contribution >= 0.6 is 29.6 Å². The topological polar surface area (TPSA) is 80.7 Å². The Morgan fingerprint density at radius 1 is 1.44 bits per heavy atom. The predicted molar refractivity (Wildman–Crippen MR) is 74.9 cm³/mol. The third-order valence-electron chi connectivity index (χ3n) is 1.94. The molecule has 0 saturated heterocycles. The fourth-order valence-corrected chi connectivity index (χ4v) is 5.30. The molecule has 0 saturated carbocycles. The van der Waals surface area contributed by atoms with Gasteiger partial charge in [-0.3, -0.25) is 8.75 Å². The summed E-state index contributed by atoms with van der Waals surface area (Å²) in [5.74, 6) is 0. The summed E-state index contributed by atoms with van der Waals surface area (Å²) in [7, 11) is -4.27. The molecule has 0 heterocycles. The van der Waals surface area contributed by atoms with E-state index in [2.05, 4.69) is 4.18 Å². The van der Waals surface area contributed by atoms with Crippen molar-refractivity contribution in [2.75, 3.05) is 12.6 Å². The zero-order chi connectivity index (χ0) is 13.8. The van der Waals surface area contributed by atoms with Gasteiger partial charge < -0.3 is 4.89 Å². The van der Waals surface area contributed by atoms with Crippen LogP contribution in [0.3, 0.4) is 0 Å². The van der Waals surface area contributed by atoms with Crippen LogP contribution in [0.1, 0.15) is 5.56 Å². The summed E-state index contributed by atoms with van der Waals surface area (Å²) in [4.78, 5) is 9.27. The van der Waals surface area contributed by atoms with Gasteiger partial charge in [-0.05, 0) is 24.8 Å². The van der Waals surface area contributed by atoms with Crippen molar-refractivity contribution in [3.8, 4) is 0 Å². The van der Waals surface area contributed by atoms with Crippen molar-refractivity contribution in [1.82, 2.24) is 0 Å². The van der Waals surface area contributed by atoms with Crippen molar-refractivity contribution in [3.63, 3.8) is 0 Å². The van der Waals surface area contributed by atoms with Crippen LogP contribution in [0.4, 0.5) is 0 Å². The van der Waals surface area contributed by atoms with E-state index in [1.54, 1.807) is 25.1 Å². The van der Waals surface area contributed by atoms with Gasteiger partial charge in [-0.15, -0.1) is 0 Å². The molecule has 0 aromatic heterocycles. The number of aryl methyl sites for hydroxylation is 1. The summed E-state index contributed by atoms with van der Waals surface area (Å²) in [6.45, 7) is 1.66. The monoisotopic (exact) mass is 328 g/mol. The second-order valence-electron chi connectivity index (χ2n) is 3.26. The van der Waals surface area contributed by atoms with E-state index in [-0.39, 0.29) is 4.90 Å². The highest BCUT2D eigenvalue weighted by atomic mass is 33.1. The van der Waals surface area contributed by atoms with Gasteiger partial charge in [-0.25, -0.2) is 0 Å². The van der Waals surface area contributed by atoms with Gasteiger partial charge in [0, 0.05) is 4.90 Å². The molecule has 0 bridgehead atoms. The molecule has 0 spiro atoms. The maximum absolute atomic E-state index is 12.0. The van der Waals surface area contributed by atoms with Crippen LogP contribution in [0.25, 0.3) is 0 Å². The summed E-state index contributed by atoms with van der Waals surface area (Å²) in [6.07, 6.45) is 1.14. The maximum Gasteiger partial charge on any atom is 0.298 e. The quantitative estimate of drug-likeness (QED) is 0.488. The standard InChI is InChI=1S/C9H13O5PS3/c1-7-4-3-5-8(17-16-2)9(7)18(12,13)14-6-15(10)11/h3-5,15H,6H2,1-2H3,(H,10,11). The summed E-state index contributed by atoms with van der Waals surface area (Å²) >= 11 is 0. The molecule has 9 heteroatoms. The molecule has 0 aliphatic heterocycles. The Balaban J connectivity index is 3.17. The Bertz CT molecular complexity index is 543. The second kappa shape index (κ2) is 6.98. The lowest BCUT2D eigenvalue weighted by molar-refractivity contribution is 0.354. The summed E-state index contributed by atoms with van der Waals surface area (Å²) in [6, 6.07) is 5.08. The molecular weight excluding hydrogens is 315 g/mol. The highest BCUT2D eigenvalue weighted by molar-refractivity contribution is 8.76. The molecule has 1 aromatic rings. The molecule has 0 aliphatic rings. The summed E-state index contributed by atoms with van der Waals surface area (Å²) < 4.78 is 39.1. The lowest BCUT2D eigenvalue weighted by Crippen LogP contribution is -2.09. The Morgan fingerprint density at radius 2 is 2.11 bits per heavy atom. The number of benzene rings is 1. The van der Waals surface area contributed by atoms with Crippen LogP contribution in [0, 0.1) is 6.92 Å². The van der Waals surface area contributed by atoms with Gasteiger partial charge >= 0.3 is 0 Å². The van der Waals surface area contributed by atoms with Crippen molar-refractivity contribution in [3.05, 3.63) is 23.8 Å². The van der Waals surface area contributed by atoms with Gasteiger partial charge in [0.05, 0.1) is 0 Å². The molecule has 0 radical (unpaired) electrons. The van der Waals surface area contributed by atoms with E-state index >= 15 is 0 Å². The Kier molecular flexibility index (Phi) is 6.23. The number of hydrogen-bond acceptors (Lipinski definition) is 6. The van der Waals surface area contributed by atoms with Gasteiger partial charge in [0.2, 0.25) is 8.03 Å². The van der Waals surface area contributed by atoms with E-state index in [0.717, 1.165) is 0 Å². The average molecular weight is 328 g/mol. The minimum Gasteiger partial charge on any atom is -0.345 e. The zero-order valence-electron chi connectivity index (χ0n) is 9.74.